The van der Waals surface area contributed by atoms with Crippen molar-refractivity contribution in [3.63, 3.8) is 0 Å². The molecule has 0 amide bonds. The quantitative estimate of drug-likeness (QED) is 0.302. The topological polar surface area (TPSA) is 39.7 Å². The fourth-order valence-electron chi connectivity index (χ4n) is 2.55. The van der Waals surface area contributed by atoms with Crippen molar-refractivity contribution in [3.8, 4) is 0 Å². The maximum atomic E-state index is 13.8. The zero-order valence-corrected chi connectivity index (χ0v) is 15.9. The Balaban J connectivity index is 0.00000312. The summed E-state index contributed by atoms with van der Waals surface area (Å²) >= 11 is 0. The van der Waals surface area contributed by atoms with Crippen LogP contribution in [0.2, 0.25) is 0 Å². The molecule has 142 valence electrons. The molecule has 0 spiro atoms. The van der Waals surface area contributed by atoms with Crippen LogP contribution < -0.4 is 15.5 Å². The number of alkyl halides is 3. The van der Waals surface area contributed by atoms with Gasteiger partial charge in [-0.25, -0.2) is 8.78 Å². The number of hydrogen-bond donors (Lipinski definition) is 2. The van der Waals surface area contributed by atoms with Gasteiger partial charge in [-0.05, 0) is 18.6 Å². The van der Waals surface area contributed by atoms with Crippen molar-refractivity contribution in [2.75, 3.05) is 31.6 Å². The van der Waals surface area contributed by atoms with E-state index in [4.69, 9.17) is 0 Å². The molecule has 2 N–H and O–H groups in total. The maximum Gasteiger partial charge on any atom is 0.390 e. The average Bonchev–Trinajstić information content (AvgIpc) is 2.93. The summed E-state index contributed by atoms with van der Waals surface area (Å²) in [6, 6.07) is 3.31. The van der Waals surface area contributed by atoms with Crippen LogP contribution in [0.15, 0.2) is 23.2 Å². The number of nitrogens with zero attached hydrogens (tertiary/aromatic N) is 2. The number of hydrogen-bond acceptors (Lipinski definition) is 2. The third kappa shape index (κ3) is 6.83. The van der Waals surface area contributed by atoms with Crippen molar-refractivity contribution >= 4 is 35.6 Å². The first-order valence-corrected chi connectivity index (χ1v) is 7.52. The summed E-state index contributed by atoms with van der Waals surface area (Å²) in [6.07, 6.45) is -4.52. The van der Waals surface area contributed by atoms with Crippen LogP contribution in [0.1, 0.15) is 12.8 Å². The van der Waals surface area contributed by atoms with Crippen molar-refractivity contribution in [3.05, 3.63) is 29.8 Å². The molecule has 1 aliphatic rings. The Kier molecular flexibility index (Phi) is 8.16. The molecule has 0 aliphatic carbocycles. The molecule has 1 fully saturated rings. The van der Waals surface area contributed by atoms with E-state index in [1.54, 1.807) is 4.90 Å². The third-order valence-electron chi connectivity index (χ3n) is 3.70. The molecule has 2 rings (SSSR count). The molecule has 1 aromatic carbocycles. The fourth-order valence-corrected chi connectivity index (χ4v) is 2.55. The van der Waals surface area contributed by atoms with Gasteiger partial charge in [0.2, 0.25) is 0 Å². The van der Waals surface area contributed by atoms with Crippen LogP contribution in [0.4, 0.5) is 27.6 Å². The monoisotopic (exact) mass is 478 g/mol. The Morgan fingerprint density at radius 2 is 2.04 bits per heavy atom. The Hall–Kier alpha value is -1.33. The number of nitrogens with one attached hydrogen (secondary N) is 2. The number of halogens is 6. The van der Waals surface area contributed by atoms with Gasteiger partial charge >= 0.3 is 6.18 Å². The first kappa shape index (κ1) is 21.7. The van der Waals surface area contributed by atoms with Gasteiger partial charge in [0.25, 0.3) is 0 Å². The Morgan fingerprint density at radius 3 is 2.64 bits per heavy atom. The van der Waals surface area contributed by atoms with E-state index < -0.39 is 24.2 Å². The van der Waals surface area contributed by atoms with Gasteiger partial charge < -0.3 is 15.5 Å². The lowest BCUT2D eigenvalue weighted by atomic mass is 10.2. The molecular formula is C15H20F5IN4. The van der Waals surface area contributed by atoms with Crippen LogP contribution in [-0.4, -0.2) is 44.9 Å². The van der Waals surface area contributed by atoms with Gasteiger partial charge in [0, 0.05) is 38.8 Å². The summed E-state index contributed by atoms with van der Waals surface area (Å²) in [5.41, 5.74) is 0.306. The molecule has 4 nitrogen and oxygen atoms in total. The highest BCUT2D eigenvalue weighted by atomic mass is 127. The predicted molar refractivity (Wildman–Crippen MR) is 97.6 cm³/mol. The molecule has 1 saturated heterocycles. The van der Waals surface area contributed by atoms with Gasteiger partial charge in [-0.3, -0.25) is 4.99 Å². The second-order valence-electron chi connectivity index (χ2n) is 5.54. The summed E-state index contributed by atoms with van der Waals surface area (Å²) in [5.74, 6) is -1.01. The van der Waals surface area contributed by atoms with Crippen LogP contribution in [0, 0.1) is 11.6 Å². The Bertz CT molecular complexity index is 594. The molecule has 1 unspecified atom stereocenters. The van der Waals surface area contributed by atoms with Gasteiger partial charge in [0.15, 0.2) is 5.96 Å². The van der Waals surface area contributed by atoms with Crippen molar-refractivity contribution in [2.24, 2.45) is 4.99 Å². The maximum absolute atomic E-state index is 13.8. The smallest absolute Gasteiger partial charge is 0.367 e. The van der Waals surface area contributed by atoms with E-state index >= 15 is 0 Å². The van der Waals surface area contributed by atoms with E-state index in [9.17, 15) is 22.0 Å². The predicted octanol–water partition coefficient (Wildman–Crippen LogP) is 3.28. The number of aliphatic imine (C=N–C) groups is 1. The molecule has 1 aliphatic heterocycles. The Morgan fingerprint density at radius 1 is 1.32 bits per heavy atom. The van der Waals surface area contributed by atoms with Gasteiger partial charge in [-0.2, -0.15) is 13.2 Å². The van der Waals surface area contributed by atoms with E-state index in [0.29, 0.717) is 25.2 Å². The summed E-state index contributed by atoms with van der Waals surface area (Å²) in [5, 5.41) is 5.62. The molecule has 0 radical (unpaired) electrons. The lowest BCUT2D eigenvalue weighted by Gasteiger charge is -2.21. The van der Waals surface area contributed by atoms with E-state index in [1.807, 2.05) is 0 Å². The standard InChI is InChI=1S/C15H19F5N4.HI/c1-21-14(22-6-5-15(18,19)20)23-11-4-7-24(9-11)13-3-2-10(16)8-12(13)17;/h2-3,8,11H,4-7,9H2,1H3,(H2,21,22,23);1H. The zero-order chi connectivity index (χ0) is 17.7. The minimum absolute atomic E-state index is 0. The van der Waals surface area contributed by atoms with E-state index in [1.165, 1.54) is 19.2 Å². The molecular weight excluding hydrogens is 458 g/mol. The normalized spacial score (nSPS) is 18.1. The summed E-state index contributed by atoms with van der Waals surface area (Å²) in [4.78, 5) is 5.64. The molecule has 0 saturated carbocycles. The van der Waals surface area contributed by atoms with E-state index in [0.717, 1.165) is 6.07 Å². The van der Waals surface area contributed by atoms with E-state index in [-0.39, 0.29) is 42.5 Å². The zero-order valence-electron chi connectivity index (χ0n) is 13.5. The van der Waals surface area contributed by atoms with Gasteiger partial charge in [-0.15, -0.1) is 24.0 Å². The Labute approximate surface area is 159 Å². The molecule has 25 heavy (non-hydrogen) atoms. The number of benzene rings is 1. The first-order valence-electron chi connectivity index (χ1n) is 7.52. The fraction of sp³-hybridized carbons (Fsp3) is 0.533. The highest BCUT2D eigenvalue weighted by Gasteiger charge is 2.27. The molecule has 0 aromatic heterocycles. The van der Waals surface area contributed by atoms with Gasteiger partial charge in [0.1, 0.15) is 11.6 Å². The first-order chi connectivity index (χ1) is 11.3. The number of anilines is 1. The molecule has 0 bridgehead atoms. The second kappa shape index (κ2) is 9.39. The SMILES string of the molecule is CN=C(NCCC(F)(F)F)NC1CCN(c2ccc(F)cc2F)C1.I. The lowest BCUT2D eigenvalue weighted by molar-refractivity contribution is -0.132. The summed E-state index contributed by atoms with van der Waals surface area (Å²) < 4.78 is 63.2. The summed E-state index contributed by atoms with van der Waals surface area (Å²) in [6.45, 7) is 0.731. The van der Waals surface area contributed by atoms with Crippen molar-refractivity contribution < 1.29 is 22.0 Å². The van der Waals surface area contributed by atoms with Gasteiger partial charge in [-0.1, -0.05) is 0 Å². The van der Waals surface area contributed by atoms with Crippen molar-refractivity contribution in [1.29, 1.82) is 0 Å². The minimum atomic E-state index is -4.23. The van der Waals surface area contributed by atoms with Crippen molar-refractivity contribution in [2.45, 2.75) is 25.1 Å². The molecule has 10 heteroatoms. The number of rotatable bonds is 4. The van der Waals surface area contributed by atoms with E-state index in [2.05, 4.69) is 15.6 Å². The highest BCUT2D eigenvalue weighted by molar-refractivity contribution is 14.0. The van der Waals surface area contributed by atoms with Crippen LogP contribution in [0.5, 0.6) is 0 Å². The van der Waals surface area contributed by atoms with Crippen LogP contribution in [-0.2, 0) is 0 Å². The average molecular weight is 478 g/mol. The molecule has 1 atom stereocenters. The molecule has 1 heterocycles. The highest BCUT2D eigenvalue weighted by Crippen LogP contribution is 2.24. The number of guanidine groups is 1. The largest absolute Gasteiger partial charge is 0.390 e. The van der Waals surface area contributed by atoms with Crippen LogP contribution in [0.3, 0.4) is 0 Å². The summed E-state index contributed by atoms with van der Waals surface area (Å²) in [7, 11) is 1.47. The van der Waals surface area contributed by atoms with Crippen LogP contribution >= 0.6 is 24.0 Å². The van der Waals surface area contributed by atoms with Gasteiger partial charge in [0.05, 0.1) is 12.1 Å². The third-order valence-corrected chi connectivity index (χ3v) is 3.70. The minimum Gasteiger partial charge on any atom is -0.367 e. The molecule has 1 aromatic rings. The van der Waals surface area contributed by atoms with Crippen molar-refractivity contribution in [1.82, 2.24) is 10.6 Å². The van der Waals surface area contributed by atoms with Crippen LogP contribution in [0.25, 0.3) is 0 Å². The second-order valence-corrected chi connectivity index (χ2v) is 5.54. The lowest BCUT2D eigenvalue weighted by Crippen LogP contribution is -2.45.